The molecule has 1 rings (SSSR count). The van der Waals surface area contributed by atoms with Crippen LogP contribution in [0, 0.1) is 0 Å². The molecule has 0 saturated heterocycles. The minimum Gasteiger partial charge on any atom is -0.460 e. The van der Waals surface area contributed by atoms with Crippen LogP contribution in [0.3, 0.4) is 0 Å². The Balaban J connectivity index is 2.58. The van der Waals surface area contributed by atoms with Gasteiger partial charge < -0.3 is 14.0 Å². The Morgan fingerprint density at radius 3 is 2.73 bits per heavy atom. The summed E-state index contributed by atoms with van der Waals surface area (Å²) in [6.07, 6.45) is 0. The molecule has 6 heteroatoms. The largest absolute Gasteiger partial charge is 0.460 e. The maximum absolute atomic E-state index is 10.8. The van der Waals surface area contributed by atoms with Crippen molar-refractivity contribution < 1.29 is 14.1 Å². The normalized spacial score (nSPS) is 11.2. The van der Waals surface area contributed by atoms with Crippen LogP contribution in [-0.4, -0.2) is 17.6 Å². The molecule has 0 aromatic carbocycles. The van der Waals surface area contributed by atoms with Crippen molar-refractivity contribution in [2.45, 2.75) is 26.2 Å². The maximum Gasteiger partial charge on any atom is 0.387 e. The number of carbonyl (C=O) groups is 1. The van der Waals surface area contributed by atoms with Crippen molar-refractivity contribution in [1.29, 1.82) is 0 Å². The van der Waals surface area contributed by atoms with Gasteiger partial charge in [0.1, 0.15) is 5.76 Å². The van der Waals surface area contributed by atoms with Gasteiger partial charge in [0.05, 0.1) is 19.1 Å². The Morgan fingerprint density at radius 2 is 2.27 bits per heavy atom. The van der Waals surface area contributed by atoms with Gasteiger partial charge in [0.25, 0.3) is 0 Å². The number of methoxy groups -OCH3 is 1. The van der Waals surface area contributed by atoms with Gasteiger partial charge in [-0.2, -0.15) is 0 Å². The molecule has 0 radical (unpaired) electrons. The third-order valence-corrected chi connectivity index (χ3v) is 2.30. The second-order valence-electron chi connectivity index (χ2n) is 3.98. The lowest BCUT2D eigenvalue weighted by molar-refractivity contribution is 0.200. The zero-order valence-electron chi connectivity index (χ0n) is 9.16. The van der Waals surface area contributed by atoms with E-state index >= 15 is 0 Å². The molecule has 0 atom stereocenters. The molecular weight excluding hydrogens is 216 g/mol. The van der Waals surface area contributed by atoms with Crippen LogP contribution in [0.5, 0.6) is 0 Å². The molecule has 0 amide bonds. The summed E-state index contributed by atoms with van der Waals surface area (Å²) < 4.78 is 12.3. The van der Waals surface area contributed by atoms with Gasteiger partial charge in [-0.15, -0.1) is 0 Å². The smallest absolute Gasteiger partial charge is 0.387 e. The van der Waals surface area contributed by atoms with Gasteiger partial charge in [-0.3, -0.25) is 0 Å². The molecule has 5 nitrogen and oxygen atoms in total. The first-order valence-electron chi connectivity index (χ1n) is 4.41. The van der Waals surface area contributed by atoms with Crippen molar-refractivity contribution in [1.82, 2.24) is 5.16 Å². The van der Waals surface area contributed by atoms with E-state index in [9.17, 15) is 4.79 Å². The number of nitrogens with zero attached hydrogens (tertiary/aromatic N) is 1. The summed E-state index contributed by atoms with van der Waals surface area (Å²) >= 11 is 0.820. The first-order chi connectivity index (χ1) is 6.93. The van der Waals surface area contributed by atoms with Crippen molar-refractivity contribution in [3.05, 3.63) is 11.8 Å². The molecule has 1 aromatic rings. The summed E-state index contributed by atoms with van der Waals surface area (Å²) in [4.78, 5) is 10.8. The van der Waals surface area contributed by atoms with E-state index < -0.39 is 5.30 Å². The van der Waals surface area contributed by atoms with Crippen LogP contribution in [0.2, 0.25) is 0 Å². The molecule has 0 fully saturated rings. The van der Waals surface area contributed by atoms with E-state index in [0.29, 0.717) is 5.82 Å². The minimum absolute atomic E-state index is 0.0944. The van der Waals surface area contributed by atoms with Crippen molar-refractivity contribution in [3.8, 4) is 0 Å². The highest BCUT2D eigenvalue weighted by Gasteiger charge is 2.19. The Bertz CT molecular complexity index is 343. The second-order valence-corrected chi connectivity index (χ2v) is 4.73. The van der Waals surface area contributed by atoms with E-state index in [-0.39, 0.29) is 5.41 Å². The van der Waals surface area contributed by atoms with Crippen molar-refractivity contribution in [2.75, 3.05) is 11.8 Å². The van der Waals surface area contributed by atoms with E-state index in [0.717, 1.165) is 17.7 Å². The molecule has 0 aliphatic carbocycles. The number of nitrogens with one attached hydrogen (secondary N) is 1. The number of ether oxygens (including phenoxy) is 1. The van der Waals surface area contributed by atoms with Crippen LogP contribution < -0.4 is 4.72 Å². The molecule has 0 saturated carbocycles. The molecule has 15 heavy (non-hydrogen) atoms. The van der Waals surface area contributed by atoms with Crippen molar-refractivity contribution in [3.63, 3.8) is 0 Å². The van der Waals surface area contributed by atoms with Gasteiger partial charge in [0.2, 0.25) is 0 Å². The van der Waals surface area contributed by atoms with Crippen molar-refractivity contribution in [2.24, 2.45) is 0 Å². The highest BCUT2D eigenvalue weighted by Crippen LogP contribution is 2.25. The van der Waals surface area contributed by atoms with Crippen LogP contribution in [0.1, 0.15) is 26.5 Å². The van der Waals surface area contributed by atoms with Crippen molar-refractivity contribution >= 4 is 23.1 Å². The molecule has 84 valence electrons. The third kappa shape index (κ3) is 3.47. The van der Waals surface area contributed by atoms with E-state index in [1.54, 1.807) is 6.07 Å². The fraction of sp³-hybridized carbons (Fsp3) is 0.556. The Kier molecular flexibility index (Phi) is 3.62. The van der Waals surface area contributed by atoms with Gasteiger partial charge in [-0.1, -0.05) is 25.9 Å². The van der Waals surface area contributed by atoms with Gasteiger partial charge in [-0.05, 0) is 0 Å². The topological polar surface area (TPSA) is 64.4 Å². The molecule has 0 unspecified atom stereocenters. The fourth-order valence-electron chi connectivity index (χ4n) is 0.812. The predicted molar refractivity (Wildman–Crippen MR) is 58.8 cm³/mol. The molecule has 0 aliphatic heterocycles. The number of rotatable bonds is 2. The van der Waals surface area contributed by atoms with E-state index in [1.165, 1.54) is 7.11 Å². The molecule has 0 bridgehead atoms. The van der Waals surface area contributed by atoms with Gasteiger partial charge in [0.15, 0.2) is 5.82 Å². The van der Waals surface area contributed by atoms with Crippen LogP contribution in [0.4, 0.5) is 10.6 Å². The van der Waals surface area contributed by atoms with E-state index in [4.69, 9.17) is 4.52 Å². The lowest BCUT2D eigenvalue weighted by Crippen LogP contribution is -2.09. The summed E-state index contributed by atoms with van der Waals surface area (Å²) in [7, 11) is 1.32. The summed E-state index contributed by atoms with van der Waals surface area (Å²) in [5.74, 6) is 1.27. The van der Waals surface area contributed by atoms with Crippen LogP contribution in [0.25, 0.3) is 0 Å². The minimum atomic E-state index is -0.421. The van der Waals surface area contributed by atoms with Gasteiger partial charge in [-0.25, -0.2) is 4.79 Å². The third-order valence-electron chi connectivity index (χ3n) is 1.65. The van der Waals surface area contributed by atoms with Crippen LogP contribution in [-0.2, 0) is 10.2 Å². The fourth-order valence-corrected chi connectivity index (χ4v) is 1.18. The first-order valence-corrected chi connectivity index (χ1v) is 5.23. The second kappa shape index (κ2) is 4.57. The molecule has 0 spiro atoms. The van der Waals surface area contributed by atoms with Crippen LogP contribution in [0.15, 0.2) is 10.6 Å². The van der Waals surface area contributed by atoms with Crippen LogP contribution >= 0.6 is 11.9 Å². The zero-order valence-corrected chi connectivity index (χ0v) is 9.97. The number of hydrogen-bond acceptors (Lipinski definition) is 6. The summed E-state index contributed by atoms with van der Waals surface area (Å²) in [6.45, 7) is 6.06. The van der Waals surface area contributed by atoms with Gasteiger partial charge >= 0.3 is 5.30 Å². The number of aromatic nitrogens is 1. The lowest BCUT2D eigenvalue weighted by Gasteiger charge is -2.11. The molecule has 0 aliphatic rings. The highest BCUT2D eigenvalue weighted by molar-refractivity contribution is 8.14. The summed E-state index contributed by atoms with van der Waals surface area (Å²) in [6, 6.07) is 1.76. The molecule has 1 aromatic heterocycles. The maximum atomic E-state index is 10.8. The standard InChI is InChI=1S/C9H14N2O3S/c1-9(2,3)6-5-7(10-14-6)11-15-8(12)13-4/h5H,1-4H3,(H,10,11). The Morgan fingerprint density at radius 1 is 1.60 bits per heavy atom. The molecule has 1 heterocycles. The summed E-state index contributed by atoms with van der Waals surface area (Å²) in [5, 5.41) is 3.35. The lowest BCUT2D eigenvalue weighted by atomic mass is 9.93. The predicted octanol–water partition coefficient (Wildman–Crippen LogP) is 2.80. The average Bonchev–Trinajstić information content (AvgIpc) is 2.61. The first kappa shape index (κ1) is 11.9. The molecule has 1 N–H and O–H groups in total. The number of hydrogen-bond donors (Lipinski definition) is 1. The molecular formula is C9H14N2O3S. The number of carbonyl (C=O) groups excluding carboxylic acids is 1. The SMILES string of the molecule is COC(=O)SNc1cc(C(C)(C)C)on1. The summed E-state index contributed by atoms with van der Waals surface area (Å²) in [5.41, 5.74) is -0.0944. The number of anilines is 1. The Labute approximate surface area is 92.7 Å². The zero-order chi connectivity index (χ0) is 11.5. The monoisotopic (exact) mass is 230 g/mol. The quantitative estimate of drug-likeness (QED) is 0.622. The average molecular weight is 230 g/mol. The van der Waals surface area contributed by atoms with E-state index in [2.05, 4.69) is 14.6 Å². The highest BCUT2D eigenvalue weighted by atomic mass is 32.2. The Hall–Kier alpha value is -1.17. The van der Waals surface area contributed by atoms with Gasteiger partial charge in [0, 0.05) is 11.5 Å². The van der Waals surface area contributed by atoms with E-state index in [1.807, 2.05) is 20.8 Å².